The Bertz CT molecular complexity index is 796. The number of hydrogen-bond acceptors (Lipinski definition) is 3. The summed E-state index contributed by atoms with van der Waals surface area (Å²) < 4.78 is 0. The van der Waals surface area contributed by atoms with Crippen LogP contribution in [0.2, 0.25) is 0 Å². The van der Waals surface area contributed by atoms with Gasteiger partial charge in [-0.2, -0.15) is 0 Å². The fraction of sp³-hybridized carbons (Fsp3) is 0.609. The molecule has 2 heterocycles. The number of rotatable bonds is 7. The number of carbonyl (C=O) groups is 2. The van der Waals surface area contributed by atoms with Crippen LogP contribution in [0.3, 0.4) is 0 Å². The lowest BCUT2D eigenvalue weighted by molar-refractivity contribution is -0.128. The molecule has 1 saturated heterocycles. The maximum atomic E-state index is 12.1. The van der Waals surface area contributed by atoms with Crippen LogP contribution < -0.4 is 10.2 Å². The average molecular weight is 541 g/mol. The molecule has 0 saturated carbocycles. The van der Waals surface area contributed by atoms with Crippen molar-refractivity contribution in [3.8, 4) is 0 Å². The Labute approximate surface area is 203 Å². The van der Waals surface area contributed by atoms with E-state index in [-0.39, 0.29) is 42.3 Å². The van der Waals surface area contributed by atoms with E-state index in [1.165, 1.54) is 5.56 Å². The number of nitrogens with one attached hydrogen (secondary N) is 1. The SMILES string of the molecule is CC(C)CNC(=NCC(=O)N(C)C)N1CC(CCN2CCCC2=O)c2ccccc21.I. The molecule has 2 amide bonds. The van der Waals surface area contributed by atoms with Crippen molar-refractivity contribution in [1.29, 1.82) is 0 Å². The first kappa shape index (κ1) is 25.4. The quantitative estimate of drug-likeness (QED) is 0.328. The standard InChI is InChI=1S/C23H35N5O2.HI/c1-17(2)14-24-23(25-15-22(30)26(3)4)28-16-18(19-8-5-6-9-20(19)28)11-13-27-12-7-10-21(27)29;/h5-6,8-9,17-18H,7,10-16H2,1-4H3,(H,24,25);1H. The average Bonchev–Trinajstić information content (AvgIpc) is 3.29. The monoisotopic (exact) mass is 541 g/mol. The zero-order chi connectivity index (χ0) is 21.7. The van der Waals surface area contributed by atoms with Crippen molar-refractivity contribution in [2.75, 3.05) is 51.7 Å². The number of guanidine groups is 1. The smallest absolute Gasteiger partial charge is 0.243 e. The molecule has 31 heavy (non-hydrogen) atoms. The largest absolute Gasteiger partial charge is 0.356 e. The highest BCUT2D eigenvalue weighted by molar-refractivity contribution is 14.0. The van der Waals surface area contributed by atoms with Crippen LogP contribution in [0.5, 0.6) is 0 Å². The number of anilines is 1. The first-order valence-electron chi connectivity index (χ1n) is 11.0. The van der Waals surface area contributed by atoms with Gasteiger partial charge in [0.2, 0.25) is 11.8 Å². The number of likely N-dealkylation sites (tertiary alicyclic amines) is 1. The Balaban J connectivity index is 0.00000341. The fourth-order valence-electron chi connectivity index (χ4n) is 4.01. The summed E-state index contributed by atoms with van der Waals surface area (Å²) in [6.07, 6.45) is 2.60. The molecule has 1 aromatic rings. The molecule has 1 aromatic carbocycles. The number of para-hydroxylation sites is 1. The van der Waals surface area contributed by atoms with E-state index in [9.17, 15) is 9.59 Å². The molecule has 0 radical (unpaired) electrons. The zero-order valence-electron chi connectivity index (χ0n) is 19.1. The van der Waals surface area contributed by atoms with Gasteiger partial charge >= 0.3 is 0 Å². The summed E-state index contributed by atoms with van der Waals surface area (Å²) in [4.78, 5) is 34.5. The summed E-state index contributed by atoms with van der Waals surface area (Å²) >= 11 is 0. The van der Waals surface area contributed by atoms with Crippen LogP contribution >= 0.6 is 24.0 Å². The van der Waals surface area contributed by atoms with E-state index in [4.69, 9.17) is 0 Å². The van der Waals surface area contributed by atoms with E-state index in [0.717, 1.165) is 50.7 Å². The van der Waals surface area contributed by atoms with Crippen LogP contribution in [-0.4, -0.2) is 74.4 Å². The van der Waals surface area contributed by atoms with Gasteiger partial charge in [-0.3, -0.25) is 9.59 Å². The van der Waals surface area contributed by atoms with Gasteiger partial charge in [-0.25, -0.2) is 4.99 Å². The predicted octanol–water partition coefficient (Wildman–Crippen LogP) is 2.91. The Kier molecular flexibility index (Phi) is 9.58. The molecule has 1 N–H and O–H groups in total. The number of benzene rings is 1. The van der Waals surface area contributed by atoms with Crippen LogP contribution in [0.25, 0.3) is 0 Å². The summed E-state index contributed by atoms with van der Waals surface area (Å²) in [5.74, 6) is 1.82. The molecule has 0 aliphatic carbocycles. The van der Waals surface area contributed by atoms with Gasteiger partial charge in [-0.15, -0.1) is 24.0 Å². The van der Waals surface area contributed by atoms with Gasteiger partial charge in [0.1, 0.15) is 6.54 Å². The predicted molar refractivity (Wildman–Crippen MR) is 136 cm³/mol. The third-order valence-corrected chi connectivity index (χ3v) is 5.78. The molecule has 1 unspecified atom stereocenters. The normalized spacial score (nSPS) is 18.3. The molecule has 7 nitrogen and oxygen atoms in total. The molecule has 0 bridgehead atoms. The molecule has 0 spiro atoms. The van der Waals surface area contributed by atoms with Crippen molar-refractivity contribution < 1.29 is 9.59 Å². The Hall–Kier alpha value is -1.84. The number of halogens is 1. The number of nitrogens with zero attached hydrogens (tertiary/aromatic N) is 4. The zero-order valence-corrected chi connectivity index (χ0v) is 21.5. The highest BCUT2D eigenvalue weighted by Crippen LogP contribution is 2.38. The minimum Gasteiger partial charge on any atom is -0.356 e. The summed E-state index contributed by atoms with van der Waals surface area (Å²) in [6, 6.07) is 8.42. The highest BCUT2D eigenvalue weighted by atomic mass is 127. The van der Waals surface area contributed by atoms with Crippen molar-refractivity contribution in [3.63, 3.8) is 0 Å². The van der Waals surface area contributed by atoms with Gasteiger partial charge in [0, 0.05) is 58.3 Å². The lowest BCUT2D eigenvalue weighted by atomic mass is 9.98. The number of amides is 2. The van der Waals surface area contributed by atoms with Crippen molar-refractivity contribution in [2.45, 2.75) is 39.0 Å². The Morgan fingerprint density at radius 2 is 2.03 bits per heavy atom. The third-order valence-electron chi connectivity index (χ3n) is 5.78. The molecule has 172 valence electrons. The summed E-state index contributed by atoms with van der Waals surface area (Å²) in [6.45, 7) is 7.72. The lowest BCUT2D eigenvalue weighted by Gasteiger charge is -2.24. The van der Waals surface area contributed by atoms with E-state index in [2.05, 4.69) is 47.3 Å². The molecule has 8 heteroatoms. The second-order valence-corrected chi connectivity index (χ2v) is 8.84. The van der Waals surface area contributed by atoms with Gasteiger partial charge in [-0.1, -0.05) is 32.0 Å². The molecule has 0 aromatic heterocycles. The summed E-state index contributed by atoms with van der Waals surface area (Å²) in [5.41, 5.74) is 2.43. The molecular weight excluding hydrogens is 505 g/mol. The van der Waals surface area contributed by atoms with Crippen molar-refractivity contribution in [2.24, 2.45) is 10.9 Å². The van der Waals surface area contributed by atoms with Gasteiger partial charge in [0.25, 0.3) is 0 Å². The van der Waals surface area contributed by atoms with Crippen LogP contribution in [0.4, 0.5) is 5.69 Å². The van der Waals surface area contributed by atoms with E-state index in [1.54, 1.807) is 19.0 Å². The third kappa shape index (κ3) is 6.57. The fourth-order valence-corrected chi connectivity index (χ4v) is 4.01. The van der Waals surface area contributed by atoms with E-state index in [0.29, 0.717) is 18.3 Å². The minimum absolute atomic E-state index is 0. The molecule has 2 aliphatic heterocycles. The maximum absolute atomic E-state index is 12.1. The maximum Gasteiger partial charge on any atom is 0.243 e. The van der Waals surface area contributed by atoms with Crippen LogP contribution in [0, 0.1) is 5.92 Å². The number of likely N-dealkylation sites (N-methyl/N-ethyl adjacent to an activating group) is 1. The first-order valence-corrected chi connectivity index (χ1v) is 11.0. The summed E-state index contributed by atoms with van der Waals surface area (Å²) in [7, 11) is 3.50. The van der Waals surface area contributed by atoms with E-state index < -0.39 is 0 Å². The second-order valence-electron chi connectivity index (χ2n) is 8.84. The van der Waals surface area contributed by atoms with Crippen LogP contribution in [-0.2, 0) is 9.59 Å². The van der Waals surface area contributed by atoms with Crippen molar-refractivity contribution >= 4 is 47.4 Å². The number of carbonyl (C=O) groups excluding carboxylic acids is 2. The number of aliphatic imine (C=N–C) groups is 1. The van der Waals surface area contributed by atoms with Gasteiger partial charge in [-0.05, 0) is 30.4 Å². The molecule has 1 atom stereocenters. The Morgan fingerprint density at radius 3 is 2.68 bits per heavy atom. The topological polar surface area (TPSA) is 68.2 Å². The summed E-state index contributed by atoms with van der Waals surface area (Å²) in [5, 5.41) is 3.46. The molecule has 2 aliphatic rings. The number of hydrogen-bond donors (Lipinski definition) is 1. The van der Waals surface area contributed by atoms with Crippen LogP contribution in [0.1, 0.15) is 44.6 Å². The van der Waals surface area contributed by atoms with Crippen LogP contribution in [0.15, 0.2) is 29.3 Å². The van der Waals surface area contributed by atoms with Crippen molar-refractivity contribution in [1.82, 2.24) is 15.1 Å². The minimum atomic E-state index is -0.0181. The molecular formula is C23H36IN5O2. The first-order chi connectivity index (χ1) is 14.4. The van der Waals surface area contributed by atoms with Gasteiger partial charge in [0.15, 0.2) is 5.96 Å². The van der Waals surface area contributed by atoms with Gasteiger partial charge < -0.3 is 20.0 Å². The lowest BCUT2D eigenvalue weighted by Crippen LogP contribution is -2.43. The molecule has 1 fully saturated rings. The van der Waals surface area contributed by atoms with E-state index >= 15 is 0 Å². The second kappa shape index (κ2) is 11.7. The Morgan fingerprint density at radius 1 is 1.29 bits per heavy atom. The molecule has 3 rings (SSSR count). The highest BCUT2D eigenvalue weighted by Gasteiger charge is 2.32. The number of fused-ring (bicyclic) bond motifs is 1. The van der Waals surface area contributed by atoms with E-state index in [1.807, 2.05) is 11.0 Å². The van der Waals surface area contributed by atoms with Crippen molar-refractivity contribution in [3.05, 3.63) is 29.8 Å². The van der Waals surface area contributed by atoms with Gasteiger partial charge in [0.05, 0.1) is 0 Å².